The number of hydrogen-bond donors (Lipinski definition) is 1. The average molecular weight is 570 g/mol. The van der Waals surface area contributed by atoms with Crippen LogP contribution in [0.5, 0.6) is 0 Å². The van der Waals surface area contributed by atoms with Crippen molar-refractivity contribution in [1.29, 1.82) is 0 Å². The van der Waals surface area contributed by atoms with E-state index in [-0.39, 0.29) is 27.2 Å². The highest BCUT2D eigenvalue weighted by molar-refractivity contribution is 7.31. The smallest absolute Gasteiger partial charge is 0.387 e. The normalized spacial score (nSPS) is 13.9. The molecule has 0 amide bonds. The highest BCUT2D eigenvalue weighted by Gasteiger charge is 2.29. The van der Waals surface area contributed by atoms with Crippen molar-refractivity contribution < 1.29 is 12.9 Å². The minimum Gasteiger partial charge on any atom is -0.399 e. The summed E-state index contributed by atoms with van der Waals surface area (Å²) in [5.41, 5.74) is 12.7. The molecule has 224 valence electrons. The molecule has 0 aliphatic rings. The minimum absolute atomic E-state index is 0.0250. The van der Waals surface area contributed by atoms with Gasteiger partial charge in [-0.05, 0) is 64.2 Å². The largest absolute Gasteiger partial charge is 0.399 e. The van der Waals surface area contributed by atoms with Crippen LogP contribution in [0, 0.1) is 0 Å². The van der Waals surface area contributed by atoms with Gasteiger partial charge < -0.3 is 14.1 Å². The molecule has 40 heavy (non-hydrogen) atoms. The fourth-order valence-electron chi connectivity index (χ4n) is 4.98. The minimum atomic E-state index is -1.69. The van der Waals surface area contributed by atoms with Crippen LogP contribution in [0.4, 0.5) is 0 Å². The molecule has 1 aromatic heterocycles. The van der Waals surface area contributed by atoms with Gasteiger partial charge in [-0.3, -0.25) is 4.52 Å². The molecule has 0 aliphatic carbocycles. The summed E-state index contributed by atoms with van der Waals surface area (Å²) in [6.07, 6.45) is 2.58. The Labute approximate surface area is 245 Å². The van der Waals surface area contributed by atoms with E-state index in [0.717, 1.165) is 41.2 Å². The van der Waals surface area contributed by atoms with Gasteiger partial charge in [-0.15, -0.1) is 0 Å². The third kappa shape index (κ3) is 7.18. The predicted molar refractivity (Wildman–Crippen MR) is 175 cm³/mol. The second-order valence-electron chi connectivity index (χ2n) is 15.9. The molecule has 4 nitrogen and oxygen atoms in total. The molecular formula is C35H56NO3P. The third-order valence-corrected chi connectivity index (χ3v) is 9.41. The van der Waals surface area contributed by atoms with Crippen molar-refractivity contribution in [3.05, 3.63) is 46.5 Å². The summed E-state index contributed by atoms with van der Waals surface area (Å²) in [6.45, 7) is 32.0. The Kier molecular flexibility index (Phi) is 9.14. The molecule has 0 aliphatic heterocycles. The molecule has 3 rings (SSSR count). The van der Waals surface area contributed by atoms with Crippen LogP contribution in [-0.2, 0) is 21.7 Å². The van der Waals surface area contributed by atoms with E-state index < -0.39 is 8.24 Å². The first-order valence-electron chi connectivity index (χ1n) is 15.1. The molecule has 0 fully saturated rings. The molecule has 0 spiro atoms. The average Bonchev–Trinajstić information content (AvgIpc) is 2.96. The lowest BCUT2D eigenvalue weighted by molar-refractivity contribution is 0.281. The fourth-order valence-corrected chi connectivity index (χ4v) is 6.06. The molecule has 0 radical (unpaired) electrons. The van der Waals surface area contributed by atoms with Gasteiger partial charge in [0.15, 0.2) is 0 Å². The first-order valence-corrected chi connectivity index (χ1v) is 16.2. The van der Waals surface area contributed by atoms with E-state index in [1.54, 1.807) is 0 Å². The monoisotopic (exact) mass is 569 g/mol. The van der Waals surface area contributed by atoms with Crippen LogP contribution >= 0.6 is 8.24 Å². The predicted octanol–water partition coefficient (Wildman–Crippen LogP) is 10.8. The van der Waals surface area contributed by atoms with Crippen molar-refractivity contribution in [2.24, 2.45) is 5.73 Å². The lowest BCUT2D eigenvalue weighted by Crippen LogP contribution is -2.39. The Morgan fingerprint density at radius 3 is 1.30 bits per heavy atom. The van der Waals surface area contributed by atoms with Crippen LogP contribution < -0.4 is 10.3 Å². The topological polar surface area (TPSA) is 61.5 Å². The van der Waals surface area contributed by atoms with Crippen LogP contribution in [0.15, 0.2) is 32.7 Å². The maximum Gasteiger partial charge on any atom is 0.387 e. The number of hydrogen-bond acceptors (Lipinski definition) is 4. The van der Waals surface area contributed by atoms with Crippen molar-refractivity contribution in [1.82, 2.24) is 0 Å². The van der Waals surface area contributed by atoms with Crippen LogP contribution in [0.2, 0.25) is 0 Å². The van der Waals surface area contributed by atoms with E-state index in [0.29, 0.717) is 6.61 Å². The van der Waals surface area contributed by atoms with Crippen LogP contribution in [0.25, 0.3) is 21.9 Å². The van der Waals surface area contributed by atoms with Crippen LogP contribution in [0.3, 0.4) is 0 Å². The Bertz CT molecular complexity index is 1290. The van der Waals surface area contributed by atoms with Crippen molar-refractivity contribution in [3.8, 4) is 0 Å². The van der Waals surface area contributed by atoms with Gasteiger partial charge in [-0.1, -0.05) is 109 Å². The van der Waals surface area contributed by atoms with Gasteiger partial charge in [-0.25, -0.2) is 0 Å². The van der Waals surface area contributed by atoms with Gasteiger partial charge >= 0.3 is 8.24 Å². The van der Waals surface area contributed by atoms with Crippen LogP contribution in [-0.4, -0.2) is 12.1 Å². The molecule has 0 saturated heterocycles. The van der Waals surface area contributed by atoms with Crippen molar-refractivity contribution in [2.45, 2.75) is 143 Å². The van der Waals surface area contributed by atoms with Gasteiger partial charge in [-0.2, -0.15) is 0 Å². The summed E-state index contributed by atoms with van der Waals surface area (Å²) in [4.78, 5) is 0. The maximum atomic E-state index is 6.82. The molecule has 0 atom stereocenters. The standard InChI is InChI=1S/C35H56NO3P/c1-15-35(36,16-2)17-18-37-40-38-29-25(19-23(31(3,4)5)21-27(29)33(9,10)11)26-20-24(32(6,7)8)22-28(30(26)39-40)34(12,13)14/h19-22H,15-18,36H2,1-14H3. The van der Waals surface area contributed by atoms with Crippen molar-refractivity contribution in [2.75, 3.05) is 6.61 Å². The number of rotatable bonds is 6. The third-order valence-electron chi connectivity index (χ3n) is 8.35. The van der Waals surface area contributed by atoms with Gasteiger partial charge in [0, 0.05) is 27.4 Å². The van der Waals surface area contributed by atoms with Gasteiger partial charge in [0.25, 0.3) is 0 Å². The molecule has 0 bridgehead atoms. The first kappa shape index (κ1) is 32.8. The van der Waals surface area contributed by atoms with E-state index >= 15 is 0 Å². The Balaban J connectivity index is 2.55. The van der Waals surface area contributed by atoms with E-state index in [9.17, 15) is 0 Å². The molecule has 2 N–H and O–H groups in total. The van der Waals surface area contributed by atoms with Gasteiger partial charge in [0.2, 0.25) is 0 Å². The quantitative estimate of drug-likeness (QED) is 0.321. The Hall–Kier alpha value is -1.74. The maximum absolute atomic E-state index is 6.82. The molecule has 5 heteroatoms. The summed E-state index contributed by atoms with van der Waals surface area (Å²) in [5.74, 6) is 0. The zero-order valence-electron chi connectivity index (χ0n) is 27.9. The highest BCUT2D eigenvalue weighted by Crippen LogP contribution is 2.45. The van der Waals surface area contributed by atoms with Crippen molar-refractivity contribution in [3.63, 3.8) is 0 Å². The van der Waals surface area contributed by atoms with E-state index in [2.05, 4.69) is 121 Å². The van der Waals surface area contributed by atoms with Crippen LogP contribution in [0.1, 0.15) is 138 Å². The summed E-state index contributed by atoms with van der Waals surface area (Å²) in [7, 11) is -1.69. The van der Waals surface area contributed by atoms with E-state index in [1.807, 2.05) is 0 Å². The second kappa shape index (κ2) is 11.2. The summed E-state index contributed by atoms with van der Waals surface area (Å²) >= 11 is 0. The molecule has 1 heterocycles. The second-order valence-corrected chi connectivity index (χ2v) is 16.9. The number of benzene rings is 2. The van der Waals surface area contributed by atoms with E-state index in [1.165, 1.54) is 22.3 Å². The fraction of sp³-hybridized carbons (Fsp3) is 0.657. The van der Waals surface area contributed by atoms with Crippen molar-refractivity contribution >= 4 is 30.2 Å². The molecule has 0 saturated carbocycles. The van der Waals surface area contributed by atoms with Gasteiger partial charge in [0.05, 0.1) is 6.61 Å². The SMILES string of the molecule is CCC(N)(CC)CCOp1oc2c(C(C)(C)C)cc(C(C)(C)C)cc2c2cc(C(C)(C)C)cc(C(C)(C)C)c2o1. The lowest BCUT2D eigenvalue weighted by atomic mass is 9.77. The first-order chi connectivity index (χ1) is 18.1. The Morgan fingerprint density at radius 1 is 0.625 bits per heavy atom. The Morgan fingerprint density at radius 2 is 1.00 bits per heavy atom. The molecule has 3 aromatic rings. The molecular weight excluding hydrogens is 513 g/mol. The molecule has 2 aromatic carbocycles. The molecule has 0 unspecified atom stereocenters. The summed E-state index contributed by atoms with van der Waals surface area (Å²) in [6, 6.07) is 9.30. The van der Waals surface area contributed by atoms with Gasteiger partial charge in [0.1, 0.15) is 11.2 Å². The van der Waals surface area contributed by atoms with E-state index in [4.69, 9.17) is 18.7 Å². The highest BCUT2D eigenvalue weighted by atomic mass is 31.1. The zero-order chi connectivity index (χ0) is 30.5. The number of fused-ring (bicyclic) bond motifs is 3. The summed E-state index contributed by atoms with van der Waals surface area (Å²) in [5, 5.41) is 2.18. The summed E-state index contributed by atoms with van der Waals surface area (Å²) < 4.78 is 20.1. The lowest BCUT2D eigenvalue weighted by Gasteiger charge is -2.27. The zero-order valence-corrected chi connectivity index (χ0v) is 28.8. The number of nitrogens with two attached hydrogens (primary N) is 1.